The van der Waals surface area contributed by atoms with Gasteiger partial charge in [0.15, 0.2) is 5.67 Å². The van der Waals surface area contributed by atoms with E-state index in [1.807, 2.05) is 24.3 Å². The predicted molar refractivity (Wildman–Crippen MR) is 112 cm³/mol. The van der Waals surface area contributed by atoms with Crippen molar-refractivity contribution in [1.82, 2.24) is 0 Å². The van der Waals surface area contributed by atoms with Gasteiger partial charge in [0, 0.05) is 11.4 Å². The molecule has 0 aromatic heterocycles. The van der Waals surface area contributed by atoms with Gasteiger partial charge in [0.1, 0.15) is 30.5 Å². The van der Waals surface area contributed by atoms with Crippen LogP contribution in [-0.2, 0) is 22.3 Å². The first-order chi connectivity index (χ1) is 14.8. The number of ether oxygens (including phenoxy) is 2. The van der Waals surface area contributed by atoms with E-state index < -0.39 is 42.8 Å². The van der Waals surface area contributed by atoms with Gasteiger partial charge >= 0.3 is 0 Å². The molecule has 2 heterocycles. The van der Waals surface area contributed by atoms with E-state index in [1.54, 1.807) is 18.2 Å². The Morgan fingerprint density at radius 3 is 2.26 bits per heavy atom. The van der Waals surface area contributed by atoms with Crippen LogP contribution in [0.15, 0.2) is 42.5 Å². The molecule has 31 heavy (non-hydrogen) atoms. The summed E-state index contributed by atoms with van der Waals surface area (Å²) in [5, 5.41) is 40.4. The van der Waals surface area contributed by atoms with Crippen LogP contribution in [0, 0.1) is 0 Å². The van der Waals surface area contributed by atoms with Crippen LogP contribution in [0.1, 0.15) is 28.4 Å². The molecule has 0 bridgehead atoms. The van der Waals surface area contributed by atoms with Crippen molar-refractivity contribution in [1.29, 1.82) is 0 Å². The zero-order valence-electron chi connectivity index (χ0n) is 16.8. The minimum atomic E-state index is -1.44. The van der Waals surface area contributed by atoms with Crippen molar-refractivity contribution >= 4 is 11.6 Å². The molecule has 5 atom stereocenters. The highest BCUT2D eigenvalue weighted by Crippen LogP contribution is 2.34. The predicted octanol–water partition coefficient (Wildman–Crippen LogP) is 1.73. The fourth-order valence-electron chi connectivity index (χ4n) is 4.07. The molecule has 2 aromatic carbocycles. The molecule has 2 fully saturated rings. The summed E-state index contributed by atoms with van der Waals surface area (Å²) in [7, 11) is 0. The number of hydrogen-bond donors (Lipinski definition) is 4. The Morgan fingerprint density at radius 2 is 1.65 bits per heavy atom. The third-order valence-electron chi connectivity index (χ3n) is 5.95. The minimum Gasteiger partial charge on any atom is -0.394 e. The summed E-state index contributed by atoms with van der Waals surface area (Å²) < 4.78 is 24.8. The molecule has 0 spiro atoms. The largest absolute Gasteiger partial charge is 0.394 e. The Labute approximate surface area is 184 Å². The molecule has 0 saturated carbocycles. The molecule has 0 aliphatic carbocycles. The Bertz CT molecular complexity index is 901. The summed E-state index contributed by atoms with van der Waals surface area (Å²) >= 11 is 6.38. The van der Waals surface area contributed by atoms with Gasteiger partial charge in [-0.3, -0.25) is 0 Å². The van der Waals surface area contributed by atoms with Gasteiger partial charge in [0.05, 0.1) is 19.8 Å². The molecule has 4 rings (SSSR count). The van der Waals surface area contributed by atoms with E-state index in [2.05, 4.69) is 0 Å². The van der Waals surface area contributed by atoms with Gasteiger partial charge in [0.25, 0.3) is 0 Å². The zero-order valence-corrected chi connectivity index (χ0v) is 17.6. The number of hydrogen-bond acceptors (Lipinski definition) is 6. The van der Waals surface area contributed by atoms with E-state index in [0.717, 1.165) is 16.7 Å². The summed E-state index contributed by atoms with van der Waals surface area (Å²) in [6, 6.07) is 12.8. The fraction of sp³-hybridized carbons (Fsp3) is 0.478. The average molecular weight is 453 g/mol. The van der Waals surface area contributed by atoms with Gasteiger partial charge < -0.3 is 29.9 Å². The maximum Gasteiger partial charge on any atom is 0.161 e. The lowest BCUT2D eigenvalue weighted by molar-refractivity contribution is -0.231. The lowest BCUT2D eigenvalue weighted by Crippen LogP contribution is -2.55. The topological polar surface area (TPSA) is 99.4 Å². The minimum absolute atomic E-state index is 0.134. The van der Waals surface area contributed by atoms with Gasteiger partial charge in [0.2, 0.25) is 0 Å². The second kappa shape index (κ2) is 9.11. The highest BCUT2D eigenvalue weighted by molar-refractivity contribution is 6.31. The maximum absolute atomic E-state index is 14.2. The number of benzene rings is 2. The Morgan fingerprint density at radius 1 is 0.968 bits per heavy atom. The smallest absolute Gasteiger partial charge is 0.161 e. The Kier molecular flexibility index (Phi) is 6.65. The van der Waals surface area contributed by atoms with Crippen molar-refractivity contribution in [2.45, 2.75) is 49.0 Å². The van der Waals surface area contributed by atoms with Crippen molar-refractivity contribution in [3.05, 3.63) is 69.7 Å². The van der Waals surface area contributed by atoms with Crippen LogP contribution in [0.4, 0.5) is 4.39 Å². The van der Waals surface area contributed by atoms with Crippen molar-refractivity contribution in [2.24, 2.45) is 0 Å². The standard InChI is InChI=1S/C23H26ClFO6/c24-17-6-5-15(22-21(29)20(28)19(27)18(10-26)31-22)8-16(17)7-13-1-3-14(4-2-13)9-23(25)11-30-12-23/h1-6,8,18-22,26-29H,7,9-12H2/t18-,19-,20?,21-,22+/m1/s1. The highest BCUT2D eigenvalue weighted by atomic mass is 35.5. The fourth-order valence-corrected chi connectivity index (χ4v) is 4.25. The molecule has 6 nitrogen and oxygen atoms in total. The van der Waals surface area contributed by atoms with Crippen LogP contribution in [0.3, 0.4) is 0 Å². The lowest BCUT2D eigenvalue weighted by Gasteiger charge is -2.40. The number of halogens is 2. The number of aliphatic hydroxyl groups is 4. The quantitative estimate of drug-likeness (QED) is 0.532. The van der Waals surface area contributed by atoms with Crippen LogP contribution in [-0.4, -0.2) is 70.3 Å². The Balaban J connectivity index is 1.50. The second-order valence-electron chi connectivity index (χ2n) is 8.41. The van der Waals surface area contributed by atoms with Gasteiger partial charge in [-0.05, 0) is 34.7 Å². The Hall–Kier alpha value is -1.58. The molecule has 4 N–H and O–H groups in total. The van der Waals surface area contributed by atoms with Crippen LogP contribution in [0.2, 0.25) is 5.02 Å². The van der Waals surface area contributed by atoms with Gasteiger partial charge in [-0.1, -0.05) is 48.0 Å². The first-order valence-electron chi connectivity index (χ1n) is 10.2. The van der Waals surface area contributed by atoms with Crippen molar-refractivity contribution in [3.63, 3.8) is 0 Å². The molecule has 8 heteroatoms. The first kappa shape index (κ1) is 22.6. The van der Waals surface area contributed by atoms with E-state index in [9.17, 15) is 24.8 Å². The van der Waals surface area contributed by atoms with E-state index in [4.69, 9.17) is 21.1 Å². The van der Waals surface area contributed by atoms with Crippen molar-refractivity contribution < 1.29 is 34.3 Å². The monoisotopic (exact) mass is 452 g/mol. The molecule has 168 valence electrons. The SMILES string of the molecule is OC[C@H]1O[C@@H](c2ccc(Cl)c(Cc3ccc(CC4(F)COC4)cc3)c2)[C@H](O)C(O)[C@@H]1O. The van der Waals surface area contributed by atoms with Gasteiger partial charge in [-0.25, -0.2) is 4.39 Å². The van der Waals surface area contributed by atoms with E-state index in [-0.39, 0.29) is 13.2 Å². The van der Waals surface area contributed by atoms with Crippen molar-refractivity contribution in [2.75, 3.05) is 19.8 Å². The molecule has 2 saturated heterocycles. The number of rotatable bonds is 6. The van der Waals surface area contributed by atoms with Crippen LogP contribution >= 0.6 is 11.6 Å². The summed E-state index contributed by atoms with van der Waals surface area (Å²) in [5.74, 6) is 0. The summed E-state index contributed by atoms with van der Waals surface area (Å²) in [6.07, 6.45) is -5.27. The molecule has 2 aliphatic heterocycles. The molecule has 2 aliphatic rings. The molecule has 1 unspecified atom stereocenters. The van der Waals surface area contributed by atoms with Crippen molar-refractivity contribution in [3.8, 4) is 0 Å². The van der Waals surface area contributed by atoms with Crippen LogP contribution in [0.5, 0.6) is 0 Å². The highest BCUT2D eigenvalue weighted by Gasteiger charge is 2.44. The second-order valence-corrected chi connectivity index (χ2v) is 8.82. The van der Waals surface area contributed by atoms with E-state index in [0.29, 0.717) is 23.4 Å². The maximum atomic E-state index is 14.2. The number of aliphatic hydroxyl groups excluding tert-OH is 4. The van der Waals surface area contributed by atoms with Crippen LogP contribution in [0.25, 0.3) is 0 Å². The first-order valence-corrected chi connectivity index (χ1v) is 10.6. The lowest BCUT2D eigenvalue weighted by atomic mass is 9.90. The molecule has 2 aromatic rings. The summed E-state index contributed by atoms with van der Waals surface area (Å²) in [4.78, 5) is 0. The molecular weight excluding hydrogens is 427 g/mol. The molecule has 0 amide bonds. The third kappa shape index (κ3) is 4.78. The van der Waals surface area contributed by atoms with Gasteiger partial charge in [-0.2, -0.15) is 0 Å². The van der Waals surface area contributed by atoms with E-state index >= 15 is 0 Å². The van der Waals surface area contributed by atoms with Gasteiger partial charge in [-0.15, -0.1) is 0 Å². The molecular formula is C23H26ClFO6. The third-order valence-corrected chi connectivity index (χ3v) is 6.32. The zero-order chi connectivity index (χ0) is 22.2. The van der Waals surface area contributed by atoms with E-state index in [1.165, 1.54) is 0 Å². The normalized spacial score (nSPS) is 30.1. The summed E-state index contributed by atoms with van der Waals surface area (Å²) in [5.41, 5.74) is 1.98. The summed E-state index contributed by atoms with van der Waals surface area (Å²) in [6.45, 7) is -0.218. The number of alkyl halides is 1. The molecule has 0 radical (unpaired) electrons. The average Bonchev–Trinajstić information content (AvgIpc) is 2.74. The van der Waals surface area contributed by atoms with Crippen LogP contribution < -0.4 is 0 Å².